The molecule has 2 rings (SSSR count). The lowest BCUT2D eigenvalue weighted by Gasteiger charge is -2.21. The zero-order valence-corrected chi connectivity index (χ0v) is 13.7. The fraction of sp³-hybridized carbons (Fsp3) is 0.300. The monoisotopic (exact) mass is 295 g/mol. The summed E-state index contributed by atoms with van der Waals surface area (Å²) >= 11 is 0. The van der Waals surface area contributed by atoms with E-state index in [9.17, 15) is 0 Å². The molecular formula is C20H25NO. The summed E-state index contributed by atoms with van der Waals surface area (Å²) in [6.45, 7) is 5.08. The van der Waals surface area contributed by atoms with Gasteiger partial charge in [0.1, 0.15) is 11.9 Å². The van der Waals surface area contributed by atoms with Gasteiger partial charge >= 0.3 is 0 Å². The van der Waals surface area contributed by atoms with Crippen LogP contribution in [0.1, 0.15) is 20.3 Å². The molecule has 2 aromatic rings. The molecule has 0 spiro atoms. The Labute approximate surface area is 133 Å². The maximum absolute atomic E-state index is 6.35. The van der Waals surface area contributed by atoms with Crippen LogP contribution < -0.4 is 10.1 Å². The summed E-state index contributed by atoms with van der Waals surface area (Å²) in [5.74, 6) is 0.951. The van der Waals surface area contributed by atoms with Crippen molar-refractivity contribution < 1.29 is 4.74 Å². The lowest BCUT2D eigenvalue weighted by Crippen LogP contribution is -2.23. The third kappa shape index (κ3) is 4.22. The molecule has 0 aromatic heterocycles. The van der Waals surface area contributed by atoms with E-state index < -0.39 is 0 Å². The van der Waals surface area contributed by atoms with Crippen LogP contribution in [0.15, 0.2) is 66.3 Å². The first-order valence-electron chi connectivity index (χ1n) is 7.84. The van der Waals surface area contributed by atoms with Gasteiger partial charge in [0.15, 0.2) is 0 Å². The lowest BCUT2D eigenvalue weighted by atomic mass is 10.1. The Hall–Kier alpha value is -2.06. The van der Waals surface area contributed by atoms with E-state index in [2.05, 4.69) is 66.9 Å². The van der Waals surface area contributed by atoms with E-state index in [0.29, 0.717) is 0 Å². The predicted molar refractivity (Wildman–Crippen MR) is 95.5 cm³/mol. The van der Waals surface area contributed by atoms with E-state index >= 15 is 0 Å². The highest BCUT2D eigenvalue weighted by Gasteiger charge is 2.13. The Balaban J connectivity index is 2.28. The van der Waals surface area contributed by atoms with Crippen molar-refractivity contribution in [1.82, 2.24) is 5.32 Å². The van der Waals surface area contributed by atoms with Gasteiger partial charge in [0.25, 0.3) is 0 Å². The third-order valence-corrected chi connectivity index (χ3v) is 3.73. The van der Waals surface area contributed by atoms with Gasteiger partial charge < -0.3 is 10.1 Å². The fourth-order valence-corrected chi connectivity index (χ4v) is 2.46. The number of benzene rings is 2. The highest BCUT2D eigenvalue weighted by atomic mass is 16.5. The largest absolute Gasteiger partial charge is 0.485 e. The van der Waals surface area contributed by atoms with Crippen LogP contribution in [0.4, 0.5) is 0 Å². The molecule has 2 nitrogen and oxygen atoms in total. The minimum absolute atomic E-state index is 0.0782. The second kappa shape index (κ2) is 8.40. The number of nitrogens with one attached hydrogen (secondary N) is 1. The van der Waals surface area contributed by atoms with Gasteiger partial charge in [0.2, 0.25) is 0 Å². The molecule has 0 heterocycles. The normalized spacial score (nSPS) is 13.7. The van der Waals surface area contributed by atoms with Gasteiger partial charge in [0, 0.05) is 11.8 Å². The Morgan fingerprint density at radius 3 is 2.73 bits per heavy atom. The summed E-state index contributed by atoms with van der Waals surface area (Å²) in [7, 11) is 1.97. The second-order valence-corrected chi connectivity index (χ2v) is 5.41. The highest BCUT2D eigenvalue weighted by molar-refractivity contribution is 5.88. The predicted octanol–water partition coefficient (Wildman–Crippen LogP) is 4.72. The first-order chi connectivity index (χ1) is 10.8. The van der Waals surface area contributed by atoms with E-state index in [1.165, 1.54) is 16.3 Å². The minimum Gasteiger partial charge on any atom is -0.485 e. The molecule has 0 aliphatic carbocycles. The van der Waals surface area contributed by atoms with Crippen molar-refractivity contribution in [1.29, 1.82) is 0 Å². The zero-order valence-electron chi connectivity index (χ0n) is 13.7. The quantitative estimate of drug-likeness (QED) is 0.746. The van der Waals surface area contributed by atoms with Gasteiger partial charge in [-0.05, 0) is 44.5 Å². The van der Waals surface area contributed by atoms with Crippen LogP contribution in [0, 0.1) is 0 Å². The van der Waals surface area contributed by atoms with Crippen molar-refractivity contribution >= 4 is 10.8 Å². The maximum Gasteiger partial charge on any atom is 0.128 e. The molecule has 116 valence electrons. The summed E-state index contributed by atoms with van der Waals surface area (Å²) in [4.78, 5) is 0. The Morgan fingerprint density at radius 1 is 1.18 bits per heavy atom. The second-order valence-electron chi connectivity index (χ2n) is 5.41. The van der Waals surface area contributed by atoms with E-state index in [4.69, 9.17) is 4.74 Å². The topological polar surface area (TPSA) is 21.3 Å². The lowest BCUT2D eigenvalue weighted by molar-refractivity contribution is 0.229. The van der Waals surface area contributed by atoms with Crippen molar-refractivity contribution in [2.75, 3.05) is 13.6 Å². The Bertz CT molecular complexity index is 652. The molecule has 0 aliphatic rings. The number of rotatable bonds is 7. The van der Waals surface area contributed by atoms with Gasteiger partial charge in [-0.1, -0.05) is 54.6 Å². The number of fused-ring (bicyclic) bond motifs is 1. The summed E-state index contributed by atoms with van der Waals surface area (Å²) in [5.41, 5.74) is 1.24. The van der Waals surface area contributed by atoms with Crippen LogP contribution in [0.2, 0.25) is 0 Å². The van der Waals surface area contributed by atoms with Gasteiger partial charge in [0.05, 0.1) is 0 Å². The van der Waals surface area contributed by atoms with Gasteiger partial charge in [-0.25, -0.2) is 0 Å². The molecule has 0 bridgehead atoms. The standard InChI is InChI=1S/C20H25NO/c1-4-5-9-16(2)19(14-15-21-3)22-20-13-8-11-17-10-6-7-12-18(17)20/h4-13,19,21H,14-15H2,1-3H3/b5-4-,16-9+. The summed E-state index contributed by atoms with van der Waals surface area (Å²) in [5, 5.41) is 5.58. The van der Waals surface area contributed by atoms with E-state index in [0.717, 1.165) is 18.7 Å². The summed E-state index contributed by atoms with van der Waals surface area (Å²) < 4.78 is 6.35. The molecule has 1 atom stereocenters. The van der Waals surface area contributed by atoms with Crippen molar-refractivity contribution in [3.8, 4) is 5.75 Å². The van der Waals surface area contributed by atoms with E-state index in [1.54, 1.807) is 0 Å². The molecule has 0 radical (unpaired) electrons. The van der Waals surface area contributed by atoms with Crippen molar-refractivity contribution in [3.05, 3.63) is 66.3 Å². The summed E-state index contributed by atoms with van der Waals surface area (Å²) in [6, 6.07) is 14.6. The van der Waals surface area contributed by atoms with Crippen LogP contribution in [0.5, 0.6) is 5.75 Å². The highest BCUT2D eigenvalue weighted by Crippen LogP contribution is 2.27. The van der Waals surface area contributed by atoms with Crippen molar-refractivity contribution in [3.63, 3.8) is 0 Å². The number of hydrogen-bond donors (Lipinski definition) is 1. The molecule has 2 heteroatoms. The van der Waals surface area contributed by atoms with E-state index in [-0.39, 0.29) is 6.10 Å². The first kappa shape index (κ1) is 16.3. The molecule has 0 saturated carbocycles. The van der Waals surface area contributed by atoms with Crippen molar-refractivity contribution in [2.24, 2.45) is 0 Å². The SMILES string of the molecule is C/C=C\C=C(/C)C(CCNC)Oc1cccc2ccccc12. The summed E-state index contributed by atoms with van der Waals surface area (Å²) in [6.07, 6.45) is 7.25. The van der Waals surface area contributed by atoms with Crippen LogP contribution in [0.3, 0.4) is 0 Å². The molecule has 0 aliphatic heterocycles. The van der Waals surface area contributed by atoms with Crippen LogP contribution in [-0.4, -0.2) is 19.7 Å². The van der Waals surface area contributed by atoms with Crippen LogP contribution in [0.25, 0.3) is 10.8 Å². The Kier molecular flexibility index (Phi) is 6.23. The number of ether oxygens (including phenoxy) is 1. The number of hydrogen-bond acceptors (Lipinski definition) is 2. The molecule has 0 fully saturated rings. The van der Waals surface area contributed by atoms with Gasteiger partial charge in [-0.2, -0.15) is 0 Å². The Morgan fingerprint density at radius 2 is 1.95 bits per heavy atom. The van der Waals surface area contributed by atoms with Crippen molar-refractivity contribution in [2.45, 2.75) is 26.4 Å². The zero-order chi connectivity index (χ0) is 15.8. The first-order valence-corrected chi connectivity index (χ1v) is 7.84. The maximum atomic E-state index is 6.35. The number of allylic oxidation sites excluding steroid dienone is 3. The van der Waals surface area contributed by atoms with E-state index in [1.807, 2.05) is 20.0 Å². The van der Waals surface area contributed by atoms with Gasteiger partial charge in [-0.3, -0.25) is 0 Å². The third-order valence-electron chi connectivity index (χ3n) is 3.73. The molecular weight excluding hydrogens is 270 g/mol. The smallest absolute Gasteiger partial charge is 0.128 e. The average molecular weight is 295 g/mol. The molecule has 2 aromatic carbocycles. The average Bonchev–Trinajstić information content (AvgIpc) is 2.56. The molecule has 0 amide bonds. The minimum atomic E-state index is 0.0782. The molecule has 0 saturated heterocycles. The van der Waals surface area contributed by atoms with Gasteiger partial charge in [-0.15, -0.1) is 0 Å². The molecule has 22 heavy (non-hydrogen) atoms. The molecule has 1 N–H and O–H groups in total. The fourth-order valence-electron chi connectivity index (χ4n) is 2.46. The van der Waals surface area contributed by atoms with Crippen LogP contribution >= 0.6 is 0 Å². The van der Waals surface area contributed by atoms with Crippen LogP contribution in [-0.2, 0) is 0 Å². The molecule has 1 unspecified atom stereocenters.